The highest BCUT2D eigenvalue weighted by atomic mass is 35.5. The van der Waals surface area contributed by atoms with Crippen molar-refractivity contribution in [2.75, 3.05) is 45.2 Å². The minimum atomic E-state index is -3.73. The van der Waals surface area contributed by atoms with E-state index in [4.69, 9.17) is 21.1 Å². The summed E-state index contributed by atoms with van der Waals surface area (Å²) in [6.07, 6.45) is 0.748. The number of likely N-dealkylation sites (N-methyl/N-ethyl adjacent to an activating group) is 1. The summed E-state index contributed by atoms with van der Waals surface area (Å²) >= 11 is 6.06. The fourth-order valence-electron chi connectivity index (χ4n) is 4.03. The zero-order chi connectivity index (χ0) is 24.3. The van der Waals surface area contributed by atoms with Gasteiger partial charge in [0.05, 0.1) is 22.2 Å². The summed E-state index contributed by atoms with van der Waals surface area (Å²) in [4.78, 5) is 26.7. The average Bonchev–Trinajstić information content (AvgIpc) is 2.84. The zero-order valence-corrected chi connectivity index (χ0v) is 20.3. The van der Waals surface area contributed by atoms with Crippen LogP contribution in [0.3, 0.4) is 0 Å². The topological polar surface area (TPSA) is 105 Å². The molecule has 1 saturated heterocycles. The van der Waals surface area contributed by atoms with Gasteiger partial charge in [0.25, 0.3) is 0 Å². The van der Waals surface area contributed by atoms with E-state index < -0.39 is 10.0 Å². The Morgan fingerprint density at radius 2 is 1.76 bits per heavy atom. The molecule has 2 aromatic carbocycles. The van der Waals surface area contributed by atoms with Crippen LogP contribution in [0.2, 0.25) is 5.02 Å². The summed E-state index contributed by atoms with van der Waals surface area (Å²) in [6.45, 7) is 1.10. The Morgan fingerprint density at radius 3 is 2.47 bits per heavy atom. The summed E-state index contributed by atoms with van der Waals surface area (Å²) in [5.41, 5.74) is 0.479. The van der Waals surface area contributed by atoms with E-state index in [9.17, 15) is 18.0 Å². The van der Waals surface area contributed by atoms with Gasteiger partial charge >= 0.3 is 0 Å². The van der Waals surface area contributed by atoms with Gasteiger partial charge in [-0.25, -0.2) is 8.42 Å². The standard InChI is InChI=1S/C23H26ClN3O6S/c1-26(15-22(28)25-19-5-3-2-4-18(19)24)23(29)16-8-10-27(11-9-16)34(30,31)17-6-7-20-21(14-17)33-13-12-32-20/h2-7,14,16H,8-13,15H2,1H3,(H,25,28). The van der Waals surface area contributed by atoms with E-state index in [1.54, 1.807) is 37.4 Å². The molecule has 2 heterocycles. The molecule has 0 saturated carbocycles. The lowest BCUT2D eigenvalue weighted by molar-refractivity contribution is -0.138. The molecule has 182 valence electrons. The molecule has 0 spiro atoms. The van der Waals surface area contributed by atoms with Crippen LogP contribution in [0, 0.1) is 5.92 Å². The normalized spacial score (nSPS) is 16.6. The van der Waals surface area contributed by atoms with E-state index in [1.165, 1.54) is 21.3 Å². The second kappa shape index (κ2) is 10.2. The number of nitrogens with one attached hydrogen (secondary N) is 1. The molecule has 1 fully saturated rings. The van der Waals surface area contributed by atoms with Crippen molar-refractivity contribution in [1.82, 2.24) is 9.21 Å². The number of amides is 2. The smallest absolute Gasteiger partial charge is 0.244 e. The van der Waals surface area contributed by atoms with Gasteiger partial charge in [0.1, 0.15) is 13.2 Å². The lowest BCUT2D eigenvalue weighted by Gasteiger charge is -2.32. The van der Waals surface area contributed by atoms with Gasteiger partial charge in [0, 0.05) is 32.1 Å². The number of piperidine rings is 1. The van der Waals surface area contributed by atoms with E-state index >= 15 is 0 Å². The van der Waals surface area contributed by atoms with Crippen LogP contribution in [0.1, 0.15) is 12.8 Å². The van der Waals surface area contributed by atoms with Gasteiger partial charge in [0.2, 0.25) is 21.8 Å². The fourth-order valence-corrected chi connectivity index (χ4v) is 5.70. The third-order valence-electron chi connectivity index (χ3n) is 5.86. The lowest BCUT2D eigenvalue weighted by Crippen LogP contribution is -2.45. The van der Waals surface area contributed by atoms with Gasteiger partial charge in [-0.05, 0) is 37.1 Å². The van der Waals surface area contributed by atoms with Gasteiger partial charge < -0.3 is 19.7 Å². The molecule has 0 radical (unpaired) electrons. The van der Waals surface area contributed by atoms with Crippen molar-refractivity contribution in [1.29, 1.82) is 0 Å². The highest BCUT2D eigenvalue weighted by Crippen LogP contribution is 2.34. The SMILES string of the molecule is CN(CC(=O)Nc1ccccc1Cl)C(=O)C1CCN(S(=O)(=O)c2ccc3c(c2)OCCO3)CC1. The molecule has 4 rings (SSSR count). The molecule has 34 heavy (non-hydrogen) atoms. The summed E-state index contributed by atoms with van der Waals surface area (Å²) < 4.78 is 38.5. The van der Waals surface area contributed by atoms with Crippen molar-refractivity contribution in [3.05, 3.63) is 47.5 Å². The molecule has 0 bridgehead atoms. The van der Waals surface area contributed by atoms with Crippen LogP contribution >= 0.6 is 11.6 Å². The molecule has 11 heteroatoms. The van der Waals surface area contributed by atoms with E-state index in [0.717, 1.165) is 0 Å². The Kier molecular flexibility index (Phi) is 7.30. The first-order chi connectivity index (χ1) is 16.3. The molecule has 0 atom stereocenters. The Balaban J connectivity index is 1.32. The van der Waals surface area contributed by atoms with Crippen LogP contribution in [0.15, 0.2) is 47.4 Å². The van der Waals surface area contributed by atoms with Crippen molar-refractivity contribution in [3.8, 4) is 11.5 Å². The number of benzene rings is 2. The molecule has 2 amide bonds. The quantitative estimate of drug-likeness (QED) is 0.644. The summed E-state index contributed by atoms with van der Waals surface area (Å²) in [5, 5.41) is 3.11. The maximum absolute atomic E-state index is 13.1. The van der Waals surface area contributed by atoms with Crippen molar-refractivity contribution in [2.45, 2.75) is 17.7 Å². The maximum atomic E-state index is 13.1. The largest absolute Gasteiger partial charge is 0.486 e. The van der Waals surface area contributed by atoms with Crippen LogP contribution in [0.4, 0.5) is 5.69 Å². The minimum Gasteiger partial charge on any atom is -0.486 e. The highest BCUT2D eigenvalue weighted by Gasteiger charge is 2.34. The second-order valence-electron chi connectivity index (χ2n) is 8.21. The first-order valence-corrected chi connectivity index (χ1v) is 12.8. The van der Waals surface area contributed by atoms with Crippen molar-refractivity contribution in [3.63, 3.8) is 0 Å². The van der Waals surface area contributed by atoms with E-state index in [0.29, 0.717) is 48.3 Å². The average molecular weight is 508 g/mol. The van der Waals surface area contributed by atoms with Crippen molar-refractivity contribution < 1.29 is 27.5 Å². The molecule has 2 aromatic rings. The van der Waals surface area contributed by atoms with Crippen molar-refractivity contribution >= 4 is 39.1 Å². The van der Waals surface area contributed by atoms with Crippen molar-refractivity contribution in [2.24, 2.45) is 5.92 Å². The zero-order valence-electron chi connectivity index (χ0n) is 18.7. The molecule has 1 N–H and O–H groups in total. The summed E-state index contributed by atoms with van der Waals surface area (Å²) in [6, 6.07) is 11.4. The Bertz CT molecular complexity index is 1180. The van der Waals surface area contributed by atoms with Crippen LogP contribution < -0.4 is 14.8 Å². The van der Waals surface area contributed by atoms with Gasteiger partial charge in [-0.3, -0.25) is 9.59 Å². The first-order valence-electron chi connectivity index (χ1n) is 10.9. The third kappa shape index (κ3) is 5.29. The predicted octanol–water partition coefficient (Wildman–Crippen LogP) is 2.61. The number of anilines is 1. The molecular weight excluding hydrogens is 482 g/mol. The van der Waals surface area contributed by atoms with Crippen LogP contribution in [0.5, 0.6) is 11.5 Å². The molecule has 0 unspecified atom stereocenters. The molecular formula is C23H26ClN3O6S. The van der Waals surface area contributed by atoms with Crippen LogP contribution in [-0.2, 0) is 19.6 Å². The molecule has 2 aliphatic rings. The molecule has 2 aliphatic heterocycles. The summed E-state index contributed by atoms with van der Waals surface area (Å²) in [5.74, 6) is 0.0308. The predicted molar refractivity (Wildman–Crippen MR) is 127 cm³/mol. The van der Waals surface area contributed by atoms with Gasteiger partial charge in [-0.1, -0.05) is 23.7 Å². The van der Waals surface area contributed by atoms with Crippen LogP contribution in [0.25, 0.3) is 0 Å². The van der Waals surface area contributed by atoms with E-state index in [1.807, 2.05) is 0 Å². The number of para-hydroxylation sites is 1. The number of carbonyl (C=O) groups is 2. The number of fused-ring (bicyclic) bond motifs is 1. The Labute approximate surface area is 203 Å². The number of ether oxygens (including phenoxy) is 2. The number of sulfonamides is 1. The number of carbonyl (C=O) groups excluding carboxylic acids is 2. The van der Waals surface area contributed by atoms with Crippen LogP contribution in [-0.4, -0.2) is 69.3 Å². The van der Waals surface area contributed by atoms with Gasteiger partial charge in [-0.2, -0.15) is 4.31 Å². The Hall–Kier alpha value is -2.82. The fraction of sp³-hybridized carbons (Fsp3) is 0.391. The second-order valence-corrected chi connectivity index (χ2v) is 10.6. The van der Waals surface area contributed by atoms with Gasteiger partial charge in [0.15, 0.2) is 11.5 Å². The number of hydrogen-bond acceptors (Lipinski definition) is 6. The van der Waals surface area contributed by atoms with E-state index in [2.05, 4.69) is 5.32 Å². The highest BCUT2D eigenvalue weighted by molar-refractivity contribution is 7.89. The number of nitrogens with zero attached hydrogens (tertiary/aromatic N) is 2. The number of rotatable bonds is 6. The van der Waals surface area contributed by atoms with Gasteiger partial charge in [-0.15, -0.1) is 0 Å². The van der Waals surface area contributed by atoms with E-state index in [-0.39, 0.29) is 42.3 Å². The first kappa shape index (κ1) is 24.3. The number of halogens is 1. The minimum absolute atomic E-state index is 0.125. The third-order valence-corrected chi connectivity index (χ3v) is 8.08. The molecule has 0 aliphatic carbocycles. The molecule has 9 nitrogen and oxygen atoms in total. The lowest BCUT2D eigenvalue weighted by atomic mass is 9.96. The summed E-state index contributed by atoms with van der Waals surface area (Å²) in [7, 11) is -2.16. The molecule has 0 aromatic heterocycles. The monoisotopic (exact) mass is 507 g/mol. The number of hydrogen-bond donors (Lipinski definition) is 1. The maximum Gasteiger partial charge on any atom is 0.244 e. The Morgan fingerprint density at radius 1 is 1.09 bits per heavy atom.